The van der Waals surface area contributed by atoms with Gasteiger partial charge in [0.05, 0.1) is 0 Å². The molecule has 11 rings (SSSR count). The summed E-state index contributed by atoms with van der Waals surface area (Å²) in [6, 6.07) is 86.1. The zero-order chi connectivity index (χ0) is 39.1. The molecule has 0 radical (unpaired) electrons. The highest BCUT2D eigenvalue weighted by Gasteiger charge is 2.16. The van der Waals surface area contributed by atoms with E-state index in [4.69, 9.17) is 0 Å². The van der Waals surface area contributed by atoms with Crippen LogP contribution in [0.15, 0.2) is 237 Å². The Labute approximate surface area is 344 Å². The lowest BCUT2D eigenvalue weighted by Crippen LogP contribution is -2.10. The first-order valence-electron chi connectivity index (χ1n) is 20.3. The molecule has 0 spiro atoms. The second-order valence-electron chi connectivity index (χ2n) is 15.3. The van der Waals surface area contributed by atoms with E-state index in [9.17, 15) is 0 Å². The van der Waals surface area contributed by atoms with Crippen molar-refractivity contribution in [3.8, 4) is 44.5 Å². The van der Waals surface area contributed by atoms with Crippen LogP contribution >= 0.6 is 0 Å². The molecule has 1 heteroatoms. The van der Waals surface area contributed by atoms with Crippen LogP contribution in [-0.4, -0.2) is 0 Å². The predicted molar refractivity (Wildman–Crippen MR) is 253 cm³/mol. The molecule has 0 fully saturated rings. The maximum absolute atomic E-state index is 2.37. The van der Waals surface area contributed by atoms with Crippen LogP contribution < -0.4 is 4.90 Å². The van der Waals surface area contributed by atoms with Crippen molar-refractivity contribution in [1.29, 1.82) is 0 Å². The fourth-order valence-electron chi connectivity index (χ4n) is 8.94. The monoisotopic (exact) mass is 749 g/mol. The number of hydrogen-bond donors (Lipinski definition) is 0. The largest absolute Gasteiger partial charge is 0.310 e. The summed E-state index contributed by atoms with van der Waals surface area (Å²) in [7, 11) is 0. The van der Waals surface area contributed by atoms with E-state index in [1.54, 1.807) is 0 Å². The zero-order valence-corrected chi connectivity index (χ0v) is 32.5. The third-order valence-corrected chi connectivity index (χ3v) is 11.8. The Morgan fingerprint density at radius 1 is 0.203 bits per heavy atom. The highest BCUT2D eigenvalue weighted by molar-refractivity contribution is 6.25. The molecule has 1 nitrogen and oxygen atoms in total. The molecule has 0 saturated heterocycles. The highest BCUT2D eigenvalue weighted by atomic mass is 15.1. The normalized spacial score (nSPS) is 11.4. The first-order chi connectivity index (χ1) is 29.2. The smallest absolute Gasteiger partial charge is 0.0467 e. The van der Waals surface area contributed by atoms with E-state index in [2.05, 4.69) is 241 Å². The van der Waals surface area contributed by atoms with Crippen LogP contribution in [0.4, 0.5) is 17.1 Å². The van der Waals surface area contributed by atoms with Crippen LogP contribution in [0.1, 0.15) is 0 Å². The molecule has 11 aromatic rings. The fraction of sp³-hybridized carbons (Fsp3) is 0. The van der Waals surface area contributed by atoms with Gasteiger partial charge in [0.15, 0.2) is 0 Å². The molecule has 0 aromatic heterocycles. The van der Waals surface area contributed by atoms with E-state index in [0.29, 0.717) is 0 Å². The van der Waals surface area contributed by atoms with Gasteiger partial charge in [-0.15, -0.1) is 0 Å². The van der Waals surface area contributed by atoms with Crippen molar-refractivity contribution in [3.63, 3.8) is 0 Å². The lowest BCUT2D eigenvalue weighted by atomic mass is 9.92. The molecule has 0 saturated carbocycles. The van der Waals surface area contributed by atoms with Crippen LogP contribution in [-0.2, 0) is 0 Å². The van der Waals surface area contributed by atoms with Gasteiger partial charge in [0.25, 0.3) is 0 Å². The molecular weight excluding hydrogens is 711 g/mol. The Morgan fingerprint density at radius 2 is 0.627 bits per heavy atom. The first kappa shape index (κ1) is 34.5. The molecule has 0 aliphatic heterocycles. The molecule has 0 unspecified atom stereocenters. The fourth-order valence-corrected chi connectivity index (χ4v) is 8.94. The average Bonchev–Trinajstić information content (AvgIpc) is 3.32. The van der Waals surface area contributed by atoms with E-state index in [1.807, 2.05) is 0 Å². The van der Waals surface area contributed by atoms with Crippen molar-refractivity contribution in [3.05, 3.63) is 237 Å². The predicted octanol–water partition coefficient (Wildman–Crippen LogP) is 16.4. The number of hydrogen-bond acceptors (Lipinski definition) is 1. The molecule has 0 atom stereocenters. The van der Waals surface area contributed by atoms with Crippen LogP contribution in [0.2, 0.25) is 0 Å². The van der Waals surface area contributed by atoms with Crippen molar-refractivity contribution >= 4 is 60.2 Å². The van der Waals surface area contributed by atoms with Crippen molar-refractivity contribution in [1.82, 2.24) is 0 Å². The second-order valence-corrected chi connectivity index (χ2v) is 15.3. The SMILES string of the molecule is c1ccc(-c2cccc(N(c3ccc(-c4cccc(-c5cccc6ccccc56)c4)cc3)c3ccc(-c4ccc5c6ccccc6c6ccccc6c5c4)cc3)c2)cc1. The Morgan fingerprint density at radius 3 is 1.29 bits per heavy atom. The number of rotatable bonds is 7. The van der Waals surface area contributed by atoms with Gasteiger partial charge in [-0.25, -0.2) is 0 Å². The van der Waals surface area contributed by atoms with Crippen molar-refractivity contribution in [2.45, 2.75) is 0 Å². The minimum atomic E-state index is 1.10. The van der Waals surface area contributed by atoms with Gasteiger partial charge < -0.3 is 4.90 Å². The van der Waals surface area contributed by atoms with Crippen LogP contribution in [0.5, 0.6) is 0 Å². The van der Waals surface area contributed by atoms with Gasteiger partial charge in [0.1, 0.15) is 0 Å². The third kappa shape index (κ3) is 6.30. The summed E-state index contributed by atoms with van der Waals surface area (Å²) in [6.45, 7) is 0. The Kier molecular flexibility index (Phi) is 8.56. The van der Waals surface area contributed by atoms with E-state index in [-0.39, 0.29) is 0 Å². The molecule has 0 heterocycles. The average molecular weight is 750 g/mol. The summed E-state index contributed by atoms with van der Waals surface area (Å²) < 4.78 is 0. The van der Waals surface area contributed by atoms with Gasteiger partial charge >= 0.3 is 0 Å². The molecular formula is C58H39N. The lowest BCUT2D eigenvalue weighted by Gasteiger charge is -2.26. The molecule has 0 aliphatic carbocycles. The summed E-state index contributed by atoms with van der Waals surface area (Å²) in [4.78, 5) is 2.37. The van der Waals surface area contributed by atoms with Crippen LogP contribution in [0.3, 0.4) is 0 Å². The standard InChI is InChI=1S/C58H39N/c1-2-13-40(14-3-1)45-18-11-20-50(38-45)59(48-32-27-41(28-33-48)44-17-10-19-47(37-44)52-26-12-16-43-15-4-5-21-51(43)52)49-34-29-42(30-35-49)46-31-36-57-55-24-7-6-22-53(55)54-23-8-9-25-56(54)58(57)39-46/h1-39H. The third-order valence-electron chi connectivity index (χ3n) is 11.8. The van der Waals surface area contributed by atoms with Crippen LogP contribution in [0.25, 0.3) is 87.6 Å². The summed E-state index contributed by atoms with van der Waals surface area (Å²) in [5.74, 6) is 0. The number of anilines is 3. The quantitative estimate of drug-likeness (QED) is 0.147. The van der Waals surface area contributed by atoms with Gasteiger partial charge in [-0.1, -0.05) is 188 Å². The molecule has 0 amide bonds. The minimum absolute atomic E-state index is 1.10. The Balaban J connectivity index is 0.980. The summed E-state index contributed by atoms with van der Waals surface area (Å²) in [6.07, 6.45) is 0. The van der Waals surface area contributed by atoms with Gasteiger partial charge in [0, 0.05) is 17.1 Å². The van der Waals surface area contributed by atoms with E-state index >= 15 is 0 Å². The topological polar surface area (TPSA) is 3.24 Å². The van der Waals surface area contributed by atoms with E-state index in [0.717, 1.165) is 17.1 Å². The van der Waals surface area contributed by atoms with Gasteiger partial charge in [-0.2, -0.15) is 0 Å². The Bertz CT molecular complexity index is 3270. The highest BCUT2D eigenvalue weighted by Crippen LogP contribution is 2.41. The molecule has 0 aliphatic rings. The van der Waals surface area contributed by atoms with Crippen molar-refractivity contribution < 1.29 is 0 Å². The van der Waals surface area contributed by atoms with Gasteiger partial charge in [-0.05, 0) is 136 Å². The maximum atomic E-state index is 2.37. The van der Waals surface area contributed by atoms with Crippen molar-refractivity contribution in [2.24, 2.45) is 0 Å². The number of nitrogens with zero attached hydrogens (tertiary/aromatic N) is 1. The molecule has 0 bridgehead atoms. The molecule has 0 N–H and O–H groups in total. The van der Waals surface area contributed by atoms with Crippen LogP contribution in [0, 0.1) is 0 Å². The first-order valence-corrected chi connectivity index (χ1v) is 20.3. The van der Waals surface area contributed by atoms with E-state index in [1.165, 1.54) is 87.6 Å². The van der Waals surface area contributed by atoms with E-state index < -0.39 is 0 Å². The summed E-state index contributed by atoms with van der Waals surface area (Å²) in [5.41, 5.74) is 12.9. The van der Waals surface area contributed by atoms with Crippen molar-refractivity contribution in [2.75, 3.05) is 4.90 Å². The molecule has 11 aromatic carbocycles. The molecule has 276 valence electrons. The number of benzene rings is 11. The lowest BCUT2D eigenvalue weighted by molar-refractivity contribution is 1.28. The van der Waals surface area contributed by atoms with Gasteiger partial charge in [-0.3, -0.25) is 0 Å². The number of fused-ring (bicyclic) bond motifs is 7. The van der Waals surface area contributed by atoms with Gasteiger partial charge in [0.2, 0.25) is 0 Å². The minimum Gasteiger partial charge on any atom is -0.310 e. The zero-order valence-electron chi connectivity index (χ0n) is 32.5. The second kappa shape index (κ2) is 14.6. The maximum Gasteiger partial charge on any atom is 0.0467 e. The molecule has 59 heavy (non-hydrogen) atoms. The Hall–Kier alpha value is -7.74. The summed E-state index contributed by atoms with van der Waals surface area (Å²) >= 11 is 0. The summed E-state index contributed by atoms with van der Waals surface area (Å²) in [5, 5.41) is 10.3.